The van der Waals surface area contributed by atoms with E-state index in [-0.39, 0.29) is 12.2 Å². The summed E-state index contributed by atoms with van der Waals surface area (Å²) in [4.78, 5) is 10.8. The van der Waals surface area contributed by atoms with E-state index in [2.05, 4.69) is 0 Å². The third-order valence-corrected chi connectivity index (χ3v) is 1.57. The summed E-state index contributed by atoms with van der Waals surface area (Å²) in [7, 11) is 0. The summed E-state index contributed by atoms with van der Waals surface area (Å²) in [6.07, 6.45) is 5.15. The highest BCUT2D eigenvalue weighted by Crippen LogP contribution is 2.10. The largest absolute Gasteiger partial charge is 0.398 e. The van der Waals surface area contributed by atoms with E-state index in [4.69, 9.17) is 12.2 Å². The van der Waals surface area contributed by atoms with Gasteiger partial charge in [0.15, 0.2) is 0 Å². The van der Waals surface area contributed by atoms with Crippen molar-refractivity contribution >= 4 is 11.5 Å². The van der Waals surface area contributed by atoms with Gasteiger partial charge in [0.1, 0.15) is 0 Å². The number of carbonyl (C=O) groups is 1. The summed E-state index contributed by atoms with van der Waals surface area (Å²) in [6.45, 7) is 0. The lowest BCUT2D eigenvalue weighted by atomic mass is 10.1. The highest BCUT2D eigenvalue weighted by atomic mass is 16.1. The molecule has 2 heteroatoms. The minimum atomic E-state index is -0.243. The number of hydrogen-bond donors (Lipinski definition) is 1. The molecule has 12 heavy (non-hydrogen) atoms. The van der Waals surface area contributed by atoms with E-state index in [1.807, 2.05) is 18.1 Å². The van der Waals surface area contributed by atoms with Gasteiger partial charge in [0.05, 0.1) is 0 Å². The van der Waals surface area contributed by atoms with E-state index in [0.29, 0.717) is 5.69 Å². The predicted octanol–water partition coefficient (Wildman–Crippen LogP) is 1.01. The molecular weight excluding hydrogens is 150 g/mol. The Morgan fingerprint density at radius 3 is 2.75 bits per heavy atom. The van der Waals surface area contributed by atoms with Crippen LogP contribution >= 0.6 is 0 Å². The molecule has 0 aromatic heterocycles. The number of para-hydroxylation sites is 1. The van der Waals surface area contributed by atoms with Gasteiger partial charge in [0.2, 0.25) is 5.78 Å². The molecule has 0 bridgehead atoms. The van der Waals surface area contributed by atoms with Crippen molar-refractivity contribution in [2.75, 3.05) is 5.73 Å². The number of nitrogens with two attached hydrogens (primary N) is 1. The van der Waals surface area contributed by atoms with Gasteiger partial charge >= 0.3 is 0 Å². The Labute approximate surface area is 71.4 Å². The first kappa shape index (κ1) is 8.35. The third kappa shape index (κ3) is 1.86. The molecule has 0 spiro atoms. The smallest absolute Gasteiger partial charge is 0.209 e. The number of anilines is 1. The van der Waals surface area contributed by atoms with Crippen LogP contribution in [0.1, 0.15) is 5.56 Å². The number of hydrogen-bond acceptors (Lipinski definition) is 2. The van der Waals surface area contributed by atoms with Crippen LogP contribution < -0.4 is 5.73 Å². The van der Waals surface area contributed by atoms with Crippen LogP contribution in [0.5, 0.6) is 0 Å². The molecular formula is C10H9NO. The fraction of sp³-hybridized carbons (Fsp3) is 0.100. The molecule has 0 heterocycles. The highest BCUT2D eigenvalue weighted by molar-refractivity contribution is 5.96. The second-order valence-electron chi connectivity index (χ2n) is 2.44. The summed E-state index contributed by atoms with van der Waals surface area (Å²) in [6, 6.07) is 7.19. The van der Waals surface area contributed by atoms with Gasteiger partial charge in [0, 0.05) is 12.1 Å². The number of benzene rings is 1. The van der Waals surface area contributed by atoms with Crippen LogP contribution in [-0.4, -0.2) is 5.78 Å². The van der Waals surface area contributed by atoms with Crippen LogP contribution in [0.3, 0.4) is 0 Å². The Kier molecular flexibility index (Phi) is 2.49. The number of nitrogen functional groups attached to an aromatic ring is 1. The maximum atomic E-state index is 10.8. The minimum absolute atomic E-state index is 0.225. The molecule has 2 N–H and O–H groups in total. The Morgan fingerprint density at radius 1 is 1.50 bits per heavy atom. The number of rotatable bonds is 2. The molecule has 0 saturated carbocycles. The first-order valence-electron chi connectivity index (χ1n) is 3.57. The van der Waals surface area contributed by atoms with Crippen molar-refractivity contribution in [2.24, 2.45) is 0 Å². The van der Waals surface area contributed by atoms with Crippen molar-refractivity contribution in [3.63, 3.8) is 0 Å². The second kappa shape index (κ2) is 3.59. The van der Waals surface area contributed by atoms with Crippen molar-refractivity contribution in [2.45, 2.75) is 6.42 Å². The van der Waals surface area contributed by atoms with Gasteiger partial charge in [0.25, 0.3) is 0 Å². The summed E-state index contributed by atoms with van der Waals surface area (Å²) in [5, 5.41) is 0. The SMILES string of the molecule is C#CC(=O)Cc1ccccc1N. The van der Waals surface area contributed by atoms with Crippen molar-refractivity contribution in [1.82, 2.24) is 0 Å². The topological polar surface area (TPSA) is 43.1 Å². The van der Waals surface area contributed by atoms with Crippen molar-refractivity contribution in [1.29, 1.82) is 0 Å². The number of Topliss-reactive ketones (excluding diaryl/α,β-unsaturated/α-hetero) is 1. The number of ketones is 1. The number of terminal acetylenes is 1. The van der Waals surface area contributed by atoms with Crippen molar-refractivity contribution in [3.05, 3.63) is 29.8 Å². The van der Waals surface area contributed by atoms with E-state index >= 15 is 0 Å². The summed E-state index contributed by atoms with van der Waals surface area (Å²) < 4.78 is 0. The van der Waals surface area contributed by atoms with E-state index in [0.717, 1.165) is 5.56 Å². The van der Waals surface area contributed by atoms with Crippen LogP contribution in [0.25, 0.3) is 0 Å². The van der Waals surface area contributed by atoms with Crippen LogP contribution in [0.2, 0.25) is 0 Å². The Hall–Kier alpha value is -1.75. The van der Waals surface area contributed by atoms with Crippen LogP contribution in [0, 0.1) is 12.3 Å². The Morgan fingerprint density at radius 2 is 2.17 bits per heavy atom. The van der Waals surface area contributed by atoms with Gasteiger partial charge in [-0.2, -0.15) is 0 Å². The van der Waals surface area contributed by atoms with Crippen molar-refractivity contribution in [3.8, 4) is 12.3 Å². The van der Waals surface area contributed by atoms with Crippen LogP contribution in [0.4, 0.5) is 5.69 Å². The molecule has 0 aliphatic rings. The Bertz CT molecular complexity index is 336. The van der Waals surface area contributed by atoms with Gasteiger partial charge < -0.3 is 5.73 Å². The molecule has 0 amide bonds. The van der Waals surface area contributed by atoms with E-state index < -0.39 is 0 Å². The average molecular weight is 159 g/mol. The van der Waals surface area contributed by atoms with Crippen LogP contribution in [-0.2, 0) is 11.2 Å². The highest BCUT2D eigenvalue weighted by Gasteiger charge is 2.01. The third-order valence-electron chi connectivity index (χ3n) is 1.57. The molecule has 1 aromatic rings. The fourth-order valence-electron chi connectivity index (χ4n) is 0.919. The Balaban J connectivity index is 2.84. The first-order chi connectivity index (χ1) is 5.74. The van der Waals surface area contributed by atoms with Gasteiger partial charge in [-0.25, -0.2) is 0 Å². The zero-order chi connectivity index (χ0) is 8.97. The molecule has 0 saturated heterocycles. The zero-order valence-corrected chi connectivity index (χ0v) is 6.58. The summed E-state index contributed by atoms with van der Waals surface area (Å²) in [5.41, 5.74) is 7.01. The molecule has 0 unspecified atom stereocenters. The van der Waals surface area contributed by atoms with Crippen molar-refractivity contribution < 1.29 is 4.79 Å². The molecule has 0 radical (unpaired) electrons. The minimum Gasteiger partial charge on any atom is -0.398 e. The van der Waals surface area contributed by atoms with E-state index in [9.17, 15) is 4.79 Å². The van der Waals surface area contributed by atoms with Crippen LogP contribution in [0.15, 0.2) is 24.3 Å². The monoisotopic (exact) mass is 159 g/mol. The second-order valence-corrected chi connectivity index (χ2v) is 2.44. The standard InChI is InChI=1S/C10H9NO/c1-2-9(12)7-8-5-3-4-6-10(8)11/h1,3-6H,7,11H2. The number of carbonyl (C=O) groups excluding carboxylic acids is 1. The molecule has 1 aromatic carbocycles. The maximum Gasteiger partial charge on any atom is 0.209 e. The molecule has 2 nitrogen and oxygen atoms in total. The van der Waals surface area contributed by atoms with Gasteiger partial charge in [-0.1, -0.05) is 18.2 Å². The first-order valence-corrected chi connectivity index (χ1v) is 3.57. The molecule has 60 valence electrons. The average Bonchev–Trinajstić information content (AvgIpc) is 2.09. The van der Waals surface area contributed by atoms with Gasteiger partial charge in [-0.3, -0.25) is 4.79 Å². The normalized spacial score (nSPS) is 8.92. The molecule has 0 aliphatic heterocycles. The van der Waals surface area contributed by atoms with Gasteiger partial charge in [-0.15, -0.1) is 6.42 Å². The molecule has 1 rings (SSSR count). The maximum absolute atomic E-state index is 10.8. The molecule has 0 aliphatic carbocycles. The lowest BCUT2D eigenvalue weighted by Gasteiger charge is -2.00. The zero-order valence-electron chi connectivity index (χ0n) is 6.58. The fourth-order valence-corrected chi connectivity index (χ4v) is 0.919. The van der Waals surface area contributed by atoms with Gasteiger partial charge in [-0.05, 0) is 17.6 Å². The predicted molar refractivity (Wildman–Crippen MR) is 48.4 cm³/mol. The lowest BCUT2D eigenvalue weighted by molar-refractivity contribution is -0.113. The van der Waals surface area contributed by atoms with E-state index in [1.54, 1.807) is 12.1 Å². The molecule has 0 fully saturated rings. The summed E-state index contributed by atoms with van der Waals surface area (Å²) >= 11 is 0. The molecule has 0 atom stereocenters. The van der Waals surface area contributed by atoms with E-state index in [1.165, 1.54) is 0 Å². The quantitative estimate of drug-likeness (QED) is 0.397. The summed E-state index contributed by atoms with van der Waals surface area (Å²) in [5.74, 6) is 1.80. The lowest BCUT2D eigenvalue weighted by Crippen LogP contribution is -2.01.